The Bertz CT molecular complexity index is 99.2. The summed E-state index contributed by atoms with van der Waals surface area (Å²) in [6.45, 7) is 1.57. The molecule has 3 N–H and O–H groups in total. The minimum atomic E-state index is -0.633. The molecule has 4 nitrogen and oxygen atoms in total. The van der Waals surface area contributed by atoms with E-state index < -0.39 is 12.2 Å². The third-order valence-electron chi connectivity index (χ3n) is 1.75. The number of likely N-dealkylation sites (tertiary alicyclic amines) is 1. The third kappa shape index (κ3) is 1.67. The van der Waals surface area contributed by atoms with Gasteiger partial charge in [-0.1, -0.05) is 0 Å². The van der Waals surface area contributed by atoms with Gasteiger partial charge in [-0.15, -0.1) is 0 Å². The number of aliphatic hydroxyl groups is 3. The van der Waals surface area contributed by atoms with Crippen molar-refractivity contribution in [3.63, 3.8) is 0 Å². The molecule has 2 atom stereocenters. The van der Waals surface area contributed by atoms with Crippen LogP contribution in [0.25, 0.3) is 0 Å². The van der Waals surface area contributed by atoms with Gasteiger partial charge in [-0.2, -0.15) is 0 Å². The summed E-state index contributed by atoms with van der Waals surface area (Å²) in [6.07, 6.45) is -1.27. The minimum Gasteiger partial charge on any atom is -0.395 e. The Labute approximate surface area is 59.7 Å². The van der Waals surface area contributed by atoms with E-state index in [4.69, 9.17) is 15.3 Å². The van der Waals surface area contributed by atoms with Crippen LogP contribution in [0.1, 0.15) is 0 Å². The highest BCUT2D eigenvalue weighted by molar-refractivity contribution is 4.82. The summed E-state index contributed by atoms with van der Waals surface area (Å²) in [5, 5.41) is 26.5. The van der Waals surface area contributed by atoms with E-state index in [-0.39, 0.29) is 6.61 Å². The molecular weight excluding hydrogens is 134 g/mol. The van der Waals surface area contributed by atoms with E-state index in [1.54, 1.807) is 0 Å². The Morgan fingerprint density at radius 1 is 1.20 bits per heavy atom. The quantitative estimate of drug-likeness (QED) is 0.423. The lowest BCUT2D eigenvalue weighted by Gasteiger charge is -2.11. The molecule has 4 heteroatoms. The maximum absolute atomic E-state index is 9.02. The predicted molar refractivity (Wildman–Crippen MR) is 35.5 cm³/mol. The average Bonchev–Trinajstić information content (AvgIpc) is 2.14. The van der Waals surface area contributed by atoms with Crippen molar-refractivity contribution in [1.82, 2.24) is 4.90 Å². The van der Waals surface area contributed by atoms with Gasteiger partial charge in [-0.25, -0.2) is 0 Å². The molecule has 1 fully saturated rings. The average molecular weight is 147 g/mol. The van der Waals surface area contributed by atoms with Crippen molar-refractivity contribution < 1.29 is 15.3 Å². The zero-order valence-electron chi connectivity index (χ0n) is 5.77. The SMILES string of the molecule is OCCN1C[C@@H](O)[C@H](O)C1. The second-order valence-corrected chi connectivity index (χ2v) is 2.62. The first kappa shape index (κ1) is 7.94. The lowest BCUT2D eigenvalue weighted by atomic mass is 10.3. The maximum Gasteiger partial charge on any atom is 0.0938 e. The van der Waals surface area contributed by atoms with Crippen molar-refractivity contribution in [2.45, 2.75) is 12.2 Å². The van der Waals surface area contributed by atoms with Crippen LogP contribution in [0.15, 0.2) is 0 Å². The largest absolute Gasteiger partial charge is 0.395 e. The first-order valence-corrected chi connectivity index (χ1v) is 3.43. The van der Waals surface area contributed by atoms with Crippen LogP contribution < -0.4 is 0 Å². The van der Waals surface area contributed by atoms with Crippen molar-refractivity contribution in [3.8, 4) is 0 Å². The minimum absolute atomic E-state index is 0.0828. The lowest BCUT2D eigenvalue weighted by molar-refractivity contribution is 0.0572. The Morgan fingerprint density at radius 3 is 2.10 bits per heavy atom. The summed E-state index contributed by atoms with van der Waals surface area (Å²) >= 11 is 0. The summed E-state index contributed by atoms with van der Waals surface area (Å²) in [5.41, 5.74) is 0. The van der Waals surface area contributed by atoms with E-state index in [0.717, 1.165) is 0 Å². The van der Waals surface area contributed by atoms with Gasteiger partial charge < -0.3 is 15.3 Å². The monoisotopic (exact) mass is 147 g/mol. The zero-order valence-corrected chi connectivity index (χ0v) is 5.77. The van der Waals surface area contributed by atoms with Crippen LogP contribution in [0, 0.1) is 0 Å². The molecule has 0 unspecified atom stereocenters. The van der Waals surface area contributed by atoms with Crippen molar-refractivity contribution >= 4 is 0 Å². The van der Waals surface area contributed by atoms with E-state index in [1.807, 2.05) is 4.90 Å². The Balaban J connectivity index is 2.27. The molecule has 60 valence electrons. The van der Waals surface area contributed by atoms with Crippen LogP contribution in [0.4, 0.5) is 0 Å². The van der Waals surface area contributed by atoms with Gasteiger partial charge >= 0.3 is 0 Å². The number of rotatable bonds is 2. The topological polar surface area (TPSA) is 63.9 Å². The van der Waals surface area contributed by atoms with Crippen molar-refractivity contribution in [1.29, 1.82) is 0 Å². The fraction of sp³-hybridized carbons (Fsp3) is 1.00. The van der Waals surface area contributed by atoms with Crippen LogP contribution in [0.2, 0.25) is 0 Å². The zero-order chi connectivity index (χ0) is 7.56. The molecule has 0 bridgehead atoms. The van der Waals surface area contributed by atoms with Crippen LogP contribution in [-0.2, 0) is 0 Å². The summed E-state index contributed by atoms with van der Waals surface area (Å²) in [5.74, 6) is 0. The highest BCUT2D eigenvalue weighted by Crippen LogP contribution is 2.08. The van der Waals surface area contributed by atoms with Crippen molar-refractivity contribution in [2.75, 3.05) is 26.2 Å². The molecule has 0 aromatic rings. The number of hydrogen-bond acceptors (Lipinski definition) is 4. The molecule has 0 spiro atoms. The summed E-state index contributed by atoms with van der Waals surface area (Å²) in [6, 6.07) is 0. The van der Waals surface area contributed by atoms with Gasteiger partial charge in [0.15, 0.2) is 0 Å². The molecule has 1 saturated heterocycles. The highest BCUT2D eigenvalue weighted by atomic mass is 16.3. The summed E-state index contributed by atoms with van der Waals surface area (Å²) in [7, 11) is 0. The molecule has 0 radical (unpaired) electrons. The molecule has 10 heavy (non-hydrogen) atoms. The lowest BCUT2D eigenvalue weighted by Crippen LogP contribution is -2.25. The van der Waals surface area contributed by atoms with E-state index in [9.17, 15) is 0 Å². The Kier molecular flexibility index (Phi) is 2.62. The summed E-state index contributed by atoms with van der Waals surface area (Å²) < 4.78 is 0. The normalized spacial score (nSPS) is 35.1. The van der Waals surface area contributed by atoms with Gasteiger partial charge in [-0.3, -0.25) is 4.90 Å². The first-order valence-electron chi connectivity index (χ1n) is 3.43. The molecule has 0 aromatic heterocycles. The van der Waals surface area contributed by atoms with Crippen LogP contribution >= 0.6 is 0 Å². The van der Waals surface area contributed by atoms with Crippen molar-refractivity contribution in [2.24, 2.45) is 0 Å². The number of aliphatic hydroxyl groups excluding tert-OH is 3. The predicted octanol–water partition coefficient (Wildman–Crippen LogP) is -1.98. The third-order valence-corrected chi connectivity index (χ3v) is 1.75. The van der Waals surface area contributed by atoms with Gasteiger partial charge in [0.05, 0.1) is 18.8 Å². The van der Waals surface area contributed by atoms with Crippen LogP contribution in [-0.4, -0.2) is 58.7 Å². The molecule has 1 heterocycles. The van der Waals surface area contributed by atoms with Gasteiger partial charge in [0.2, 0.25) is 0 Å². The number of nitrogens with zero attached hydrogens (tertiary/aromatic N) is 1. The molecule has 0 aromatic carbocycles. The van der Waals surface area contributed by atoms with E-state index in [0.29, 0.717) is 19.6 Å². The molecule has 1 aliphatic rings. The van der Waals surface area contributed by atoms with Gasteiger partial charge in [0.1, 0.15) is 0 Å². The number of β-amino-alcohol motifs (C(OH)–C–C–N with tert-alkyl or cyclic N) is 3. The molecule has 1 aliphatic heterocycles. The smallest absolute Gasteiger partial charge is 0.0938 e. The van der Waals surface area contributed by atoms with Gasteiger partial charge in [0.25, 0.3) is 0 Å². The second-order valence-electron chi connectivity index (χ2n) is 2.62. The standard InChI is InChI=1S/C6H13NO3/c8-2-1-7-3-5(9)6(10)4-7/h5-6,8-10H,1-4H2/t5-,6-/m1/s1. The molecular formula is C6H13NO3. The molecule has 0 saturated carbocycles. The molecule has 0 aliphatic carbocycles. The maximum atomic E-state index is 9.02. The Hall–Kier alpha value is -0.160. The highest BCUT2D eigenvalue weighted by Gasteiger charge is 2.28. The first-order chi connectivity index (χ1) is 4.74. The van der Waals surface area contributed by atoms with Crippen molar-refractivity contribution in [3.05, 3.63) is 0 Å². The van der Waals surface area contributed by atoms with E-state index >= 15 is 0 Å². The fourth-order valence-electron chi connectivity index (χ4n) is 1.17. The second kappa shape index (κ2) is 3.30. The number of hydrogen-bond donors (Lipinski definition) is 3. The fourth-order valence-corrected chi connectivity index (χ4v) is 1.17. The Morgan fingerprint density at radius 2 is 1.70 bits per heavy atom. The summed E-state index contributed by atoms with van der Waals surface area (Å²) in [4.78, 5) is 1.83. The van der Waals surface area contributed by atoms with Crippen LogP contribution in [0.5, 0.6) is 0 Å². The molecule has 1 rings (SSSR count). The van der Waals surface area contributed by atoms with Gasteiger partial charge in [0, 0.05) is 19.6 Å². The van der Waals surface area contributed by atoms with Crippen LogP contribution in [0.3, 0.4) is 0 Å². The molecule has 0 amide bonds. The van der Waals surface area contributed by atoms with E-state index in [1.165, 1.54) is 0 Å². The van der Waals surface area contributed by atoms with Gasteiger partial charge in [-0.05, 0) is 0 Å². The van der Waals surface area contributed by atoms with E-state index in [2.05, 4.69) is 0 Å².